The van der Waals surface area contributed by atoms with Crippen LogP contribution < -0.4 is 4.74 Å². The fraction of sp³-hybridized carbons (Fsp3) is 0.250. The molecule has 92 valence electrons. The molecule has 0 aliphatic rings. The minimum absolute atomic E-state index is 0.569. The molecular weight excluding hydrogens is 224 g/mol. The molecule has 0 amide bonds. The molecule has 2 nitrogen and oxygen atoms in total. The van der Waals surface area contributed by atoms with Crippen LogP contribution in [0.1, 0.15) is 12.5 Å². The van der Waals surface area contributed by atoms with Gasteiger partial charge in [-0.2, -0.15) is 0 Å². The molecule has 0 aliphatic heterocycles. The third-order valence-corrected chi connectivity index (χ3v) is 2.77. The summed E-state index contributed by atoms with van der Waals surface area (Å²) < 4.78 is 5.21. The van der Waals surface area contributed by atoms with Gasteiger partial charge < -0.3 is 9.84 Å². The van der Waals surface area contributed by atoms with Crippen molar-refractivity contribution in [2.24, 2.45) is 0 Å². The zero-order chi connectivity index (χ0) is 13.0. The monoisotopic (exact) mass is 240 g/mol. The molecule has 2 rings (SSSR count). The van der Waals surface area contributed by atoms with Gasteiger partial charge in [0, 0.05) is 6.42 Å². The van der Waals surface area contributed by atoms with Crippen molar-refractivity contribution in [3.63, 3.8) is 0 Å². The van der Waals surface area contributed by atoms with Crippen molar-refractivity contribution in [1.82, 2.24) is 0 Å². The molecule has 0 bridgehead atoms. The van der Waals surface area contributed by atoms with Gasteiger partial charge in [-0.05, 0) is 35.4 Å². The van der Waals surface area contributed by atoms with Crippen LogP contribution >= 0.6 is 0 Å². The average Bonchev–Trinajstić information content (AvgIpc) is 2.38. The first-order valence-corrected chi connectivity index (χ1v) is 5.93. The van der Waals surface area contributed by atoms with E-state index in [1.165, 1.54) is 10.9 Å². The second kappa shape index (κ2) is 5.57. The maximum atomic E-state index is 9.12. The van der Waals surface area contributed by atoms with Gasteiger partial charge in [-0.25, -0.2) is 0 Å². The van der Waals surface area contributed by atoms with Gasteiger partial charge in [-0.3, -0.25) is 0 Å². The number of aliphatic hydroxyl groups is 1. The SMILES string of the molecule is COc1ccc2c(CC#CC(C)O)cccc2c1. The van der Waals surface area contributed by atoms with E-state index in [-0.39, 0.29) is 0 Å². The van der Waals surface area contributed by atoms with Crippen LogP contribution in [0.25, 0.3) is 10.8 Å². The van der Waals surface area contributed by atoms with Gasteiger partial charge in [0.05, 0.1) is 7.11 Å². The van der Waals surface area contributed by atoms with E-state index < -0.39 is 6.10 Å². The molecular formula is C16H16O2. The molecule has 0 saturated heterocycles. The Morgan fingerprint density at radius 3 is 2.83 bits per heavy atom. The predicted molar refractivity (Wildman–Crippen MR) is 73.7 cm³/mol. The Balaban J connectivity index is 2.37. The van der Waals surface area contributed by atoms with E-state index in [0.717, 1.165) is 11.1 Å². The fourth-order valence-corrected chi connectivity index (χ4v) is 1.90. The van der Waals surface area contributed by atoms with Gasteiger partial charge in [-0.1, -0.05) is 36.1 Å². The van der Waals surface area contributed by atoms with E-state index in [1.807, 2.05) is 24.3 Å². The Hall–Kier alpha value is -1.98. The molecule has 0 fully saturated rings. The van der Waals surface area contributed by atoms with Crippen molar-refractivity contribution in [3.8, 4) is 17.6 Å². The van der Waals surface area contributed by atoms with Crippen LogP contribution in [0.5, 0.6) is 5.75 Å². The minimum atomic E-state index is -0.569. The Kier molecular flexibility index (Phi) is 3.86. The van der Waals surface area contributed by atoms with Crippen LogP contribution in [0, 0.1) is 11.8 Å². The lowest BCUT2D eigenvalue weighted by atomic mass is 10.0. The first-order valence-electron chi connectivity index (χ1n) is 5.93. The van der Waals surface area contributed by atoms with Gasteiger partial charge in [-0.15, -0.1) is 0 Å². The number of benzene rings is 2. The molecule has 0 heterocycles. The molecule has 0 aliphatic carbocycles. The zero-order valence-corrected chi connectivity index (χ0v) is 10.6. The van der Waals surface area contributed by atoms with Gasteiger partial charge in [0.2, 0.25) is 0 Å². The number of methoxy groups -OCH3 is 1. The molecule has 2 aromatic rings. The first-order chi connectivity index (χ1) is 8.70. The van der Waals surface area contributed by atoms with Crippen LogP contribution in [0.2, 0.25) is 0 Å². The molecule has 2 aromatic carbocycles. The molecule has 0 radical (unpaired) electrons. The quantitative estimate of drug-likeness (QED) is 0.818. The van der Waals surface area contributed by atoms with Gasteiger partial charge >= 0.3 is 0 Å². The summed E-state index contributed by atoms with van der Waals surface area (Å²) in [6, 6.07) is 12.2. The molecule has 1 unspecified atom stereocenters. The van der Waals surface area contributed by atoms with Crippen LogP contribution in [0.15, 0.2) is 36.4 Å². The van der Waals surface area contributed by atoms with E-state index in [9.17, 15) is 0 Å². The van der Waals surface area contributed by atoms with Crippen LogP contribution in [0.3, 0.4) is 0 Å². The van der Waals surface area contributed by atoms with Crippen LogP contribution in [-0.4, -0.2) is 18.3 Å². The number of ether oxygens (including phenoxy) is 1. The summed E-state index contributed by atoms with van der Waals surface area (Å²) in [5, 5.41) is 11.4. The van der Waals surface area contributed by atoms with Crippen molar-refractivity contribution in [2.75, 3.05) is 7.11 Å². The summed E-state index contributed by atoms with van der Waals surface area (Å²) in [6.45, 7) is 1.67. The Labute approximate surface area is 107 Å². The van der Waals surface area contributed by atoms with Gasteiger partial charge in [0.1, 0.15) is 11.9 Å². The molecule has 1 N–H and O–H groups in total. The largest absolute Gasteiger partial charge is 0.497 e. The third kappa shape index (κ3) is 2.82. The molecule has 0 aromatic heterocycles. The van der Waals surface area contributed by atoms with E-state index >= 15 is 0 Å². The van der Waals surface area contributed by atoms with Crippen molar-refractivity contribution < 1.29 is 9.84 Å². The highest BCUT2D eigenvalue weighted by atomic mass is 16.5. The van der Waals surface area contributed by atoms with Crippen LogP contribution in [-0.2, 0) is 6.42 Å². The maximum absolute atomic E-state index is 9.12. The lowest BCUT2D eigenvalue weighted by Crippen LogP contribution is -1.93. The molecule has 2 heteroatoms. The Bertz CT molecular complexity index is 603. The summed E-state index contributed by atoms with van der Waals surface area (Å²) in [6.07, 6.45) is 0.0780. The Morgan fingerprint density at radius 2 is 2.11 bits per heavy atom. The molecule has 1 atom stereocenters. The Morgan fingerprint density at radius 1 is 1.28 bits per heavy atom. The number of hydrogen-bond donors (Lipinski definition) is 1. The second-order valence-corrected chi connectivity index (χ2v) is 4.18. The van der Waals surface area contributed by atoms with E-state index in [0.29, 0.717) is 6.42 Å². The summed E-state index contributed by atoms with van der Waals surface area (Å²) in [5.74, 6) is 6.61. The van der Waals surface area contributed by atoms with Crippen molar-refractivity contribution >= 4 is 10.8 Å². The third-order valence-electron chi connectivity index (χ3n) is 2.77. The number of hydrogen-bond acceptors (Lipinski definition) is 2. The maximum Gasteiger partial charge on any atom is 0.119 e. The number of aliphatic hydroxyl groups excluding tert-OH is 1. The highest BCUT2D eigenvalue weighted by molar-refractivity contribution is 5.87. The van der Waals surface area contributed by atoms with Crippen molar-refractivity contribution in [3.05, 3.63) is 42.0 Å². The highest BCUT2D eigenvalue weighted by Crippen LogP contribution is 2.23. The normalized spacial score (nSPS) is 11.7. The number of rotatable bonds is 2. The topological polar surface area (TPSA) is 29.5 Å². The highest BCUT2D eigenvalue weighted by Gasteiger charge is 2.01. The standard InChI is InChI=1S/C16H16O2/c1-12(17)5-3-6-13-7-4-8-14-11-15(18-2)9-10-16(13)14/h4,7-12,17H,6H2,1-2H3. The van der Waals surface area contributed by atoms with E-state index in [4.69, 9.17) is 9.84 Å². The van der Waals surface area contributed by atoms with Gasteiger partial charge in [0.25, 0.3) is 0 Å². The summed E-state index contributed by atoms with van der Waals surface area (Å²) in [7, 11) is 1.67. The van der Waals surface area contributed by atoms with Crippen molar-refractivity contribution in [1.29, 1.82) is 0 Å². The predicted octanol–water partition coefficient (Wildman–Crippen LogP) is 2.78. The van der Waals surface area contributed by atoms with Crippen LogP contribution in [0.4, 0.5) is 0 Å². The average molecular weight is 240 g/mol. The lowest BCUT2D eigenvalue weighted by Gasteiger charge is -2.05. The summed E-state index contributed by atoms with van der Waals surface area (Å²) >= 11 is 0. The molecule has 0 saturated carbocycles. The summed E-state index contributed by atoms with van der Waals surface area (Å²) in [4.78, 5) is 0. The van der Waals surface area contributed by atoms with Crippen molar-refractivity contribution in [2.45, 2.75) is 19.4 Å². The van der Waals surface area contributed by atoms with E-state index in [1.54, 1.807) is 14.0 Å². The molecule has 18 heavy (non-hydrogen) atoms. The van der Waals surface area contributed by atoms with E-state index in [2.05, 4.69) is 24.0 Å². The minimum Gasteiger partial charge on any atom is -0.497 e. The second-order valence-electron chi connectivity index (χ2n) is 4.18. The first kappa shape index (κ1) is 12.5. The zero-order valence-electron chi connectivity index (χ0n) is 10.6. The lowest BCUT2D eigenvalue weighted by molar-refractivity contribution is 0.253. The summed E-state index contributed by atoms with van der Waals surface area (Å²) in [5.41, 5.74) is 1.17. The molecule has 0 spiro atoms. The smallest absolute Gasteiger partial charge is 0.119 e. The number of fused-ring (bicyclic) bond motifs is 1. The fourth-order valence-electron chi connectivity index (χ4n) is 1.90. The van der Waals surface area contributed by atoms with Gasteiger partial charge in [0.15, 0.2) is 0 Å².